The van der Waals surface area contributed by atoms with Crippen molar-refractivity contribution in [3.8, 4) is 0 Å². The SMILES string of the molecule is CCCCC/C=C\C/C=C\C/C=C\CCCCCCCCCCCC(O)C(=O)NC(COC1OC(CO)C(O)C(O)C1OC(=O)CCCCCCCCCCCCCCCCCCCCC)C(O)/C=C/CCCCCCCCCCCCC. The third kappa shape index (κ3) is 47.4. The monoisotopic (exact) mass is 1170 g/mol. The van der Waals surface area contributed by atoms with E-state index in [0.717, 1.165) is 77.0 Å². The van der Waals surface area contributed by atoms with Crippen LogP contribution in [0.25, 0.3) is 0 Å². The molecule has 1 rings (SSSR count). The maximum absolute atomic E-state index is 13.5. The van der Waals surface area contributed by atoms with Crippen molar-refractivity contribution >= 4 is 11.9 Å². The van der Waals surface area contributed by atoms with Gasteiger partial charge in [-0.15, -0.1) is 0 Å². The van der Waals surface area contributed by atoms with E-state index in [-0.39, 0.29) is 19.4 Å². The highest BCUT2D eigenvalue weighted by Gasteiger charge is 2.47. The number of aliphatic hydroxyl groups excluding tert-OH is 5. The number of unbranched alkanes of at least 4 members (excludes halogenated alkanes) is 41. The average Bonchev–Trinajstić information content (AvgIpc) is 3.54. The predicted octanol–water partition coefficient (Wildman–Crippen LogP) is 18.0. The van der Waals surface area contributed by atoms with Crippen molar-refractivity contribution in [1.82, 2.24) is 5.32 Å². The van der Waals surface area contributed by atoms with Crippen LogP contribution in [0.3, 0.4) is 0 Å². The minimum Gasteiger partial charge on any atom is -0.454 e. The second kappa shape index (κ2) is 59.9. The van der Waals surface area contributed by atoms with Gasteiger partial charge in [0.15, 0.2) is 12.4 Å². The van der Waals surface area contributed by atoms with Crippen LogP contribution < -0.4 is 5.32 Å². The van der Waals surface area contributed by atoms with E-state index in [9.17, 15) is 35.1 Å². The zero-order chi connectivity index (χ0) is 60.3. The number of rotatable bonds is 61. The van der Waals surface area contributed by atoms with Gasteiger partial charge in [-0.3, -0.25) is 9.59 Å². The van der Waals surface area contributed by atoms with Crippen LogP contribution in [0, 0.1) is 0 Å². The molecule has 8 unspecified atom stereocenters. The molecule has 0 aromatic carbocycles. The third-order valence-electron chi connectivity index (χ3n) is 16.7. The predicted molar refractivity (Wildman–Crippen MR) is 347 cm³/mol. The normalized spacial score (nSPS) is 18.8. The Kier molecular flexibility index (Phi) is 56.8. The minimum atomic E-state index is -1.61. The van der Waals surface area contributed by atoms with Crippen molar-refractivity contribution in [2.75, 3.05) is 13.2 Å². The summed E-state index contributed by atoms with van der Waals surface area (Å²) in [6, 6.07) is -1.03. The molecule has 0 bridgehead atoms. The number of hydrogen-bond acceptors (Lipinski definition) is 10. The molecule has 8 atom stereocenters. The van der Waals surface area contributed by atoms with Crippen molar-refractivity contribution in [1.29, 1.82) is 0 Å². The van der Waals surface area contributed by atoms with Gasteiger partial charge in [0.1, 0.15) is 24.4 Å². The van der Waals surface area contributed by atoms with E-state index in [4.69, 9.17) is 14.2 Å². The molecule has 0 spiro atoms. The molecule has 0 aliphatic carbocycles. The fraction of sp³-hybridized carbons (Fsp3) is 0.861. The molecule has 1 aliphatic heterocycles. The first-order valence-electron chi connectivity index (χ1n) is 35.4. The molecule has 1 fully saturated rings. The summed E-state index contributed by atoms with van der Waals surface area (Å²) < 4.78 is 17.7. The van der Waals surface area contributed by atoms with Crippen molar-refractivity contribution < 1.29 is 49.3 Å². The van der Waals surface area contributed by atoms with Crippen LogP contribution in [0.2, 0.25) is 0 Å². The van der Waals surface area contributed by atoms with Gasteiger partial charge in [0.05, 0.1) is 25.4 Å². The molecule has 11 nitrogen and oxygen atoms in total. The summed E-state index contributed by atoms with van der Waals surface area (Å²) in [5, 5.41) is 57.2. The summed E-state index contributed by atoms with van der Waals surface area (Å²) in [7, 11) is 0. The van der Waals surface area contributed by atoms with E-state index >= 15 is 0 Å². The molecular formula is C72H133NO10. The maximum atomic E-state index is 13.5. The molecule has 1 heterocycles. The second-order valence-electron chi connectivity index (χ2n) is 24.6. The quantitative estimate of drug-likeness (QED) is 0.0195. The Morgan fingerprint density at radius 3 is 1.27 bits per heavy atom. The number of allylic oxidation sites excluding steroid dienone is 7. The van der Waals surface area contributed by atoms with Gasteiger partial charge in [-0.05, 0) is 64.2 Å². The van der Waals surface area contributed by atoms with Gasteiger partial charge in [0.25, 0.3) is 0 Å². The number of nitrogens with one attached hydrogen (secondary N) is 1. The number of hydrogen-bond donors (Lipinski definition) is 6. The topological polar surface area (TPSA) is 175 Å². The standard InChI is InChI=1S/C72H133NO10/c1-4-7-10-13-16-19-22-25-27-29-31-32-33-35-36-38-41-44-47-50-53-56-59-65(76)71(80)73-63(64(75)58-55-52-49-46-43-40-24-21-18-15-12-9-6-3)62-81-72-70(69(79)68(78)66(61-74)82-72)83-67(77)60-57-54-51-48-45-42-39-37-34-30-28-26-23-20-17-14-11-8-5-2/h16,19,25,27,31-32,55,58,63-66,68-70,72,74-76,78-79H,4-15,17-18,20-24,26,28-30,33-54,56-57,59-62H2,1-3H3,(H,73,80)/b19-16-,27-25-,32-31-,58-55+. The van der Waals surface area contributed by atoms with Crippen molar-refractivity contribution in [3.05, 3.63) is 48.6 Å². The van der Waals surface area contributed by atoms with Gasteiger partial charge >= 0.3 is 5.97 Å². The summed E-state index contributed by atoms with van der Waals surface area (Å²) in [6.45, 7) is 5.81. The van der Waals surface area contributed by atoms with Crippen LogP contribution in [0.15, 0.2) is 48.6 Å². The van der Waals surface area contributed by atoms with E-state index in [0.29, 0.717) is 12.8 Å². The van der Waals surface area contributed by atoms with E-state index in [1.165, 1.54) is 212 Å². The molecule has 0 saturated carbocycles. The van der Waals surface area contributed by atoms with Gasteiger partial charge in [-0.25, -0.2) is 0 Å². The minimum absolute atomic E-state index is 0.128. The molecule has 0 radical (unpaired) electrons. The molecule has 0 aromatic heterocycles. The highest BCUT2D eigenvalue weighted by atomic mass is 16.7. The molecule has 1 amide bonds. The Bertz CT molecular complexity index is 1540. The Labute approximate surface area is 510 Å². The van der Waals surface area contributed by atoms with Crippen LogP contribution in [-0.2, 0) is 23.8 Å². The maximum Gasteiger partial charge on any atom is 0.306 e. The highest BCUT2D eigenvalue weighted by molar-refractivity contribution is 5.80. The van der Waals surface area contributed by atoms with Crippen molar-refractivity contribution in [3.63, 3.8) is 0 Å². The second-order valence-corrected chi connectivity index (χ2v) is 24.6. The number of ether oxygens (including phenoxy) is 3. The van der Waals surface area contributed by atoms with Gasteiger partial charge in [-0.2, -0.15) is 0 Å². The van der Waals surface area contributed by atoms with Gasteiger partial charge in [0.2, 0.25) is 5.91 Å². The number of esters is 1. The molecule has 6 N–H and O–H groups in total. The van der Waals surface area contributed by atoms with Crippen LogP contribution in [-0.4, -0.2) is 99.6 Å². The molecule has 11 heteroatoms. The Morgan fingerprint density at radius 1 is 0.470 bits per heavy atom. The largest absolute Gasteiger partial charge is 0.454 e. The number of amides is 1. The lowest BCUT2D eigenvalue weighted by molar-refractivity contribution is -0.305. The van der Waals surface area contributed by atoms with Crippen molar-refractivity contribution in [2.45, 2.75) is 384 Å². The first kappa shape index (κ1) is 78.6. The lowest BCUT2D eigenvalue weighted by atomic mass is 9.99. The van der Waals surface area contributed by atoms with Gasteiger partial charge < -0.3 is 45.1 Å². The number of carbonyl (C=O) groups excluding carboxylic acids is 2. The van der Waals surface area contributed by atoms with Crippen LogP contribution in [0.1, 0.15) is 335 Å². The molecule has 486 valence electrons. The summed E-state index contributed by atoms with van der Waals surface area (Å²) in [4.78, 5) is 26.7. The Morgan fingerprint density at radius 2 is 0.831 bits per heavy atom. The van der Waals surface area contributed by atoms with Crippen LogP contribution >= 0.6 is 0 Å². The summed E-state index contributed by atoms with van der Waals surface area (Å²) in [5.41, 5.74) is 0. The summed E-state index contributed by atoms with van der Waals surface area (Å²) in [5.74, 6) is -1.18. The molecule has 83 heavy (non-hydrogen) atoms. The fourth-order valence-corrected chi connectivity index (χ4v) is 11.1. The molecule has 1 aliphatic rings. The Hall–Kier alpha value is -2.38. The molecule has 0 aromatic rings. The average molecular weight is 1170 g/mol. The summed E-state index contributed by atoms with van der Waals surface area (Å²) >= 11 is 0. The number of aliphatic hydroxyl groups is 5. The van der Waals surface area contributed by atoms with E-state index in [1.807, 2.05) is 6.08 Å². The van der Waals surface area contributed by atoms with E-state index in [2.05, 4.69) is 62.5 Å². The van der Waals surface area contributed by atoms with Crippen molar-refractivity contribution in [2.24, 2.45) is 0 Å². The van der Waals surface area contributed by atoms with Crippen LogP contribution in [0.4, 0.5) is 0 Å². The number of carbonyl (C=O) groups is 2. The zero-order valence-electron chi connectivity index (χ0n) is 54.1. The third-order valence-corrected chi connectivity index (χ3v) is 16.7. The fourth-order valence-electron chi connectivity index (χ4n) is 11.1. The summed E-state index contributed by atoms with van der Waals surface area (Å²) in [6.07, 6.45) is 64.3. The smallest absolute Gasteiger partial charge is 0.306 e. The molecular weight excluding hydrogens is 1040 g/mol. The lowest BCUT2D eigenvalue weighted by Gasteiger charge is -2.41. The Balaban J connectivity index is 2.60. The zero-order valence-corrected chi connectivity index (χ0v) is 54.1. The van der Waals surface area contributed by atoms with Crippen LogP contribution in [0.5, 0.6) is 0 Å². The van der Waals surface area contributed by atoms with E-state index < -0.39 is 67.4 Å². The first-order valence-corrected chi connectivity index (χ1v) is 35.4. The van der Waals surface area contributed by atoms with E-state index in [1.54, 1.807) is 6.08 Å². The first-order chi connectivity index (χ1) is 40.7. The highest BCUT2D eigenvalue weighted by Crippen LogP contribution is 2.26. The lowest BCUT2D eigenvalue weighted by Crippen LogP contribution is -2.61. The molecule has 1 saturated heterocycles. The van der Waals surface area contributed by atoms with Gasteiger partial charge in [-0.1, -0.05) is 313 Å². The van der Waals surface area contributed by atoms with Gasteiger partial charge in [0, 0.05) is 6.42 Å².